The topological polar surface area (TPSA) is 45.9 Å². The van der Waals surface area contributed by atoms with E-state index in [1.54, 1.807) is 0 Å². The number of nitrogens with zero attached hydrogens (tertiary/aromatic N) is 2. The second kappa shape index (κ2) is 25.3. The zero-order valence-corrected chi connectivity index (χ0v) is 59.7. The lowest BCUT2D eigenvalue weighted by Gasteiger charge is -2.34. The molecule has 0 aliphatic heterocycles. The Morgan fingerprint density at radius 3 is 1.07 bits per heavy atom. The van der Waals surface area contributed by atoms with E-state index in [1.807, 2.05) is 30.3 Å². The second-order valence-electron chi connectivity index (χ2n) is 28.9. The van der Waals surface area contributed by atoms with E-state index in [2.05, 4.69) is 380 Å². The van der Waals surface area contributed by atoms with E-state index in [9.17, 15) is 0 Å². The Hall–Kier alpha value is -14.5. The fourth-order valence-electron chi connectivity index (χ4n) is 17.8. The molecule has 0 fully saturated rings. The molecule has 18 aromatic carbocycles. The van der Waals surface area contributed by atoms with Crippen LogP contribution in [-0.2, 0) is 5.41 Å². The Kier molecular flexibility index (Phi) is 14.5. The van der Waals surface area contributed by atoms with Gasteiger partial charge in [0.05, 0.1) is 28.2 Å². The maximum Gasteiger partial charge on any atom is 0.135 e. The standard InChI is InChI=1S/C105H66N2O3/c1-3-25-77(26-4-1)105(78-27-5-2-6-28-78)93-57-47-72(61-89(93)85-56-46-73(65-94(85)105)68-43-51-79(52-44-68)106(96-36-19-23-69-21-7-9-29-81(69)96)95-35-15-11-31-83(95)75-49-59-103-91(63-75)87-33-13-17-39-100(87)109-103)74-45-55-84(76-50-60-104-92(64-76)88-34-14-18-40-101(88)110-104)98(66-74)107(97-37-20-24-70-22-8-10-30-82(70)97)80-53-41-67(42-54-80)71-48-58-102-90(62-71)86-32-12-16-38-99(86)108-102/h1-66H. The zero-order chi connectivity index (χ0) is 72.4. The van der Waals surface area contributed by atoms with E-state index < -0.39 is 5.41 Å². The average Bonchev–Trinajstić information content (AvgIpc) is 1.52. The molecule has 5 nitrogen and oxygen atoms in total. The first-order valence-electron chi connectivity index (χ1n) is 37.7. The van der Waals surface area contributed by atoms with Gasteiger partial charge in [0.1, 0.15) is 33.5 Å². The number of furan rings is 3. The highest BCUT2D eigenvalue weighted by Crippen LogP contribution is 2.58. The molecule has 1 aliphatic rings. The third kappa shape index (κ3) is 10.1. The number of anilines is 6. The van der Waals surface area contributed by atoms with Crippen molar-refractivity contribution in [2.75, 3.05) is 9.80 Å². The van der Waals surface area contributed by atoms with Gasteiger partial charge < -0.3 is 23.1 Å². The van der Waals surface area contributed by atoms with Crippen molar-refractivity contribution in [1.82, 2.24) is 0 Å². The van der Waals surface area contributed by atoms with Gasteiger partial charge in [0, 0.05) is 65.6 Å². The van der Waals surface area contributed by atoms with Crippen LogP contribution in [0.4, 0.5) is 34.1 Å². The molecule has 0 spiro atoms. The predicted octanol–water partition coefficient (Wildman–Crippen LogP) is 29.3. The van der Waals surface area contributed by atoms with Gasteiger partial charge in [-0.05, 0) is 204 Å². The van der Waals surface area contributed by atoms with E-state index >= 15 is 0 Å². The van der Waals surface area contributed by atoms with Crippen LogP contribution in [0, 0.1) is 0 Å². The van der Waals surface area contributed by atoms with Crippen LogP contribution in [-0.4, -0.2) is 0 Å². The molecular formula is C105H66N2O3. The Morgan fingerprint density at radius 2 is 0.536 bits per heavy atom. The van der Waals surface area contributed by atoms with Gasteiger partial charge in [-0.2, -0.15) is 0 Å². The van der Waals surface area contributed by atoms with Gasteiger partial charge in [-0.3, -0.25) is 0 Å². The molecule has 0 bridgehead atoms. The molecule has 3 aromatic heterocycles. The Labute approximate surface area is 635 Å². The number of fused-ring (bicyclic) bond motifs is 14. The minimum Gasteiger partial charge on any atom is -0.456 e. The van der Waals surface area contributed by atoms with Crippen molar-refractivity contribution in [3.8, 4) is 66.8 Å². The largest absolute Gasteiger partial charge is 0.456 e. The highest BCUT2D eigenvalue weighted by atomic mass is 16.3. The highest BCUT2D eigenvalue weighted by molar-refractivity contribution is 6.11. The number of hydrogen-bond donors (Lipinski definition) is 0. The zero-order valence-electron chi connectivity index (χ0n) is 59.7. The fraction of sp³-hybridized carbons (Fsp3) is 0.00952. The monoisotopic (exact) mass is 1400 g/mol. The van der Waals surface area contributed by atoms with E-state index in [1.165, 1.54) is 44.2 Å². The van der Waals surface area contributed by atoms with Crippen LogP contribution in [0.25, 0.3) is 154 Å². The number of hydrogen-bond acceptors (Lipinski definition) is 5. The molecule has 0 saturated heterocycles. The smallest absolute Gasteiger partial charge is 0.135 e. The summed E-state index contributed by atoms with van der Waals surface area (Å²) in [5.74, 6) is 0. The molecule has 0 amide bonds. The minimum atomic E-state index is -0.678. The summed E-state index contributed by atoms with van der Waals surface area (Å²) in [6.07, 6.45) is 0. The van der Waals surface area contributed by atoms with Crippen LogP contribution in [0.5, 0.6) is 0 Å². The molecule has 110 heavy (non-hydrogen) atoms. The van der Waals surface area contributed by atoms with Crippen molar-refractivity contribution in [1.29, 1.82) is 0 Å². The Morgan fingerprint density at radius 1 is 0.182 bits per heavy atom. The number of rotatable bonds is 13. The summed E-state index contributed by atoms with van der Waals surface area (Å²) < 4.78 is 19.2. The van der Waals surface area contributed by atoms with E-state index in [0.29, 0.717) is 0 Å². The van der Waals surface area contributed by atoms with Crippen LogP contribution in [0.1, 0.15) is 22.3 Å². The lowest BCUT2D eigenvalue weighted by molar-refractivity contribution is 0.668. The Bertz CT molecular complexity index is 7180. The third-order valence-electron chi connectivity index (χ3n) is 23.0. The van der Waals surface area contributed by atoms with E-state index in [-0.39, 0.29) is 0 Å². The molecule has 5 heteroatoms. The maximum atomic E-state index is 6.50. The molecule has 1 aliphatic carbocycles. The van der Waals surface area contributed by atoms with Crippen LogP contribution in [0.15, 0.2) is 414 Å². The molecule has 3 heterocycles. The minimum absolute atomic E-state index is 0.678. The molecule has 0 saturated carbocycles. The first-order valence-corrected chi connectivity index (χ1v) is 37.7. The normalized spacial score (nSPS) is 12.4. The summed E-state index contributed by atoms with van der Waals surface area (Å²) in [4.78, 5) is 4.92. The van der Waals surface area contributed by atoms with E-state index in [4.69, 9.17) is 13.3 Å². The van der Waals surface area contributed by atoms with Crippen molar-refractivity contribution in [3.05, 3.63) is 423 Å². The van der Waals surface area contributed by atoms with Crippen molar-refractivity contribution in [2.45, 2.75) is 5.41 Å². The second-order valence-corrected chi connectivity index (χ2v) is 28.9. The Balaban J connectivity index is 0.703. The van der Waals surface area contributed by atoms with Crippen molar-refractivity contribution in [2.24, 2.45) is 0 Å². The van der Waals surface area contributed by atoms with Gasteiger partial charge in [-0.25, -0.2) is 0 Å². The van der Waals surface area contributed by atoms with Gasteiger partial charge in [-0.1, -0.05) is 285 Å². The van der Waals surface area contributed by atoms with Crippen molar-refractivity contribution < 1.29 is 13.3 Å². The quantitative estimate of drug-likeness (QED) is 0.115. The summed E-state index contributed by atoms with van der Waals surface area (Å²) in [7, 11) is 0. The van der Waals surface area contributed by atoms with Gasteiger partial charge >= 0.3 is 0 Å². The summed E-state index contributed by atoms with van der Waals surface area (Å²) in [5.41, 5.74) is 29.3. The maximum absolute atomic E-state index is 6.50. The van der Waals surface area contributed by atoms with Crippen LogP contribution in [0.3, 0.4) is 0 Å². The third-order valence-corrected chi connectivity index (χ3v) is 23.0. The predicted molar refractivity (Wildman–Crippen MR) is 457 cm³/mol. The average molecular weight is 1400 g/mol. The molecule has 0 atom stereocenters. The number of para-hydroxylation sites is 4. The molecule has 514 valence electrons. The van der Waals surface area contributed by atoms with Crippen LogP contribution < -0.4 is 9.80 Å². The van der Waals surface area contributed by atoms with Crippen molar-refractivity contribution >= 4 is 121 Å². The van der Waals surface area contributed by atoms with E-state index in [0.717, 1.165) is 166 Å². The summed E-state index contributed by atoms with van der Waals surface area (Å²) in [6, 6.07) is 147. The molecule has 21 aromatic rings. The van der Waals surface area contributed by atoms with Gasteiger partial charge in [-0.15, -0.1) is 0 Å². The first kappa shape index (κ1) is 62.8. The molecule has 0 radical (unpaired) electrons. The van der Waals surface area contributed by atoms with Crippen molar-refractivity contribution in [3.63, 3.8) is 0 Å². The van der Waals surface area contributed by atoms with Crippen LogP contribution in [0.2, 0.25) is 0 Å². The molecule has 0 N–H and O–H groups in total. The summed E-state index contributed by atoms with van der Waals surface area (Å²) in [5, 5.41) is 11.2. The summed E-state index contributed by atoms with van der Waals surface area (Å²) >= 11 is 0. The summed E-state index contributed by atoms with van der Waals surface area (Å²) in [6.45, 7) is 0. The first-order chi connectivity index (χ1) is 54.5. The van der Waals surface area contributed by atoms with Gasteiger partial charge in [0.25, 0.3) is 0 Å². The SMILES string of the molecule is c1ccc(C2(c3ccccc3)c3ccc(-c4ccc(-c5ccc6oc7ccccc7c6c5)c(N(c5ccc(-c6ccc7oc8ccccc8c7c6)cc5)c5cccc6ccccc56)c4)cc3-c3ccc(-c4ccc(N(c5ccccc5-c5ccc6oc7ccccc7c6c5)c5cccc6ccccc56)cc4)cc32)cc1. The lowest BCUT2D eigenvalue weighted by atomic mass is 9.67. The fourth-order valence-corrected chi connectivity index (χ4v) is 17.8. The lowest BCUT2D eigenvalue weighted by Crippen LogP contribution is -2.28. The van der Waals surface area contributed by atoms with Gasteiger partial charge in [0.15, 0.2) is 0 Å². The molecule has 0 unspecified atom stereocenters. The van der Waals surface area contributed by atoms with Gasteiger partial charge in [0.2, 0.25) is 0 Å². The van der Waals surface area contributed by atoms with Crippen LogP contribution >= 0.6 is 0 Å². The molecule has 22 rings (SSSR count). The highest BCUT2D eigenvalue weighted by Gasteiger charge is 2.46. The molecular weight excluding hydrogens is 1340 g/mol. The number of benzene rings is 18.